The smallest absolute Gasteiger partial charge is 0.417 e. The molecule has 1 amide bonds. The Kier molecular flexibility index (Phi) is 6.15. The molecule has 1 aromatic heterocycles. The summed E-state index contributed by atoms with van der Waals surface area (Å²) >= 11 is 0. The molecule has 190 valence electrons. The molecule has 4 aliphatic rings. The Hall–Kier alpha value is -2.46. The van der Waals surface area contributed by atoms with Gasteiger partial charge in [-0.1, -0.05) is 6.92 Å². The van der Waals surface area contributed by atoms with Gasteiger partial charge >= 0.3 is 12.1 Å². The van der Waals surface area contributed by atoms with Gasteiger partial charge in [0.15, 0.2) is 0 Å². The minimum atomic E-state index is -4.50. The Balaban J connectivity index is 1.38. The molecule has 0 aromatic carbocycles. The average Bonchev–Trinajstić information content (AvgIpc) is 3.10. The van der Waals surface area contributed by atoms with Crippen molar-refractivity contribution in [2.24, 2.45) is 5.92 Å². The summed E-state index contributed by atoms with van der Waals surface area (Å²) in [6.07, 6.45) is -0.866. The molecule has 10 heteroatoms. The highest BCUT2D eigenvalue weighted by Crippen LogP contribution is 2.46. The number of carbonyl (C=O) groups excluding carboxylic acids is 2. The van der Waals surface area contributed by atoms with Gasteiger partial charge in [0.05, 0.1) is 11.1 Å². The number of hydrogen-bond donors (Lipinski definition) is 0. The number of amides is 1. The fraction of sp³-hybridized carbons (Fsp3) is 0.640. The van der Waals surface area contributed by atoms with Crippen molar-refractivity contribution in [3.8, 4) is 0 Å². The summed E-state index contributed by atoms with van der Waals surface area (Å²) in [5.74, 6) is -0.920. The van der Waals surface area contributed by atoms with E-state index in [4.69, 9.17) is 9.47 Å². The zero-order chi connectivity index (χ0) is 25.0. The van der Waals surface area contributed by atoms with Gasteiger partial charge in [-0.3, -0.25) is 14.7 Å². The van der Waals surface area contributed by atoms with Crippen LogP contribution in [-0.4, -0.2) is 71.2 Å². The van der Waals surface area contributed by atoms with E-state index < -0.39 is 23.3 Å². The molecule has 1 aromatic rings. The van der Waals surface area contributed by atoms with Crippen LogP contribution in [0.1, 0.15) is 49.9 Å². The first kappa shape index (κ1) is 24.2. The van der Waals surface area contributed by atoms with Crippen molar-refractivity contribution in [2.45, 2.75) is 63.9 Å². The molecule has 2 saturated heterocycles. The van der Waals surface area contributed by atoms with Gasteiger partial charge in [0.25, 0.3) is 5.91 Å². The molecule has 2 unspecified atom stereocenters. The van der Waals surface area contributed by atoms with Crippen LogP contribution in [0.4, 0.5) is 13.2 Å². The number of esters is 1. The summed E-state index contributed by atoms with van der Waals surface area (Å²) in [6, 6.07) is 1.49. The van der Waals surface area contributed by atoms with Crippen molar-refractivity contribution >= 4 is 11.9 Å². The number of carbonyl (C=O) groups is 2. The molecule has 35 heavy (non-hydrogen) atoms. The van der Waals surface area contributed by atoms with Gasteiger partial charge < -0.3 is 14.4 Å². The summed E-state index contributed by atoms with van der Waals surface area (Å²) in [5.41, 5.74) is -0.212. The number of hydrogen-bond acceptors (Lipinski definition) is 6. The third-order valence-corrected chi connectivity index (χ3v) is 8.03. The molecular weight excluding hydrogens is 463 g/mol. The minimum Gasteiger partial charge on any atom is -0.450 e. The lowest BCUT2D eigenvalue weighted by Crippen LogP contribution is -2.57. The minimum absolute atomic E-state index is 0.0225. The van der Waals surface area contributed by atoms with Crippen molar-refractivity contribution in [3.63, 3.8) is 0 Å². The Labute approximate surface area is 202 Å². The second-order valence-corrected chi connectivity index (χ2v) is 10.1. The predicted octanol–water partition coefficient (Wildman–Crippen LogP) is 3.12. The topological polar surface area (TPSA) is 72.0 Å². The molecule has 2 fully saturated rings. The summed E-state index contributed by atoms with van der Waals surface area (Å²) in [5, 5.41) is 0. The van der Waals surface area contributed by atoms with E-state index in [2.05, 4.69) is 9.88 Å². The Morgan fingerprint density at radius 2 is 1.97 bits per heavy atom. The number of likely N-dealkylation sites (tertiary alicyclic amines) is 1. The second-order valence-electron chi connectivity index (χ2n) is 10.1. The first-order valence-corrected chi connectivity index (χ1v) is 12.2. The number of pyridine rings is 1. The van der Waals surface area contributed by atoms with Crippen LogP contribution in [0.5, 0.6) is 0 Å². The number of aromatic nitrogens is 1. The van der Waals surface area contributed by atoms with Gasteiger partial charge in [0.2, 0.25) is 0 Å². The van der Waals surface area contributed by atoms with E-state index in [-0.39, 0.29) is 18.4 Å². The third-order valence-electron chi connectivity index (χ3n) is 8.03. The monoisotopic (exact) mass is 493 g/mol. The number of piperidine rings is 1. The molecule has 0 aliphatic carbocycles. The van der Waals surface area contributed by atoms with Crippen LogP contribution in [0.25, 0.3) is 0 Å². The van der Waals surface area contributed by atoms with Gasteiger partial charge in [-0.25, -0.2) is 4.79 Å². The number of rotatable bonds is 2. The van der Waals surface area contributed by atoms with E-state index in [1.165, 1.54) is 4.90 Å². The largest absolute Gasteiger partial charge is 0.450 e. The maximum atomic E-state index is 13.8. The number of halogens is 3. The van der Waals surface area contributed by atoms with Crippen molar-refractivity contribution in [3.05, 3.63) is 40.2 Å². The molecule has 5 heterocycles. The van der Waals surface area contributed by atoms with Crippen LogP contribution in [0, 0.1) is 5.92 Å². The van der Waals surface area contributed by atoms with E-state index in [1.807, 2.05) is 6.92 Å². The summed E-state index contributed by atoms with van der Waals surface area (Å²) in [6.45, 7) is 6.85. The van der Waals surface area contributed by atoms with Crippen LogP contribution in [-0.2, 0) is 38.2 Å². The number of fused-ring (bicyclic) bond motifs is 1. The van der Waals surface area contributed by atoms with E-state index in [0.717, 1.165) is 38.3 Å². The van der Waals surface area contributed by atoms with Crippen LogP contribution < -0.4 is 0 Å². The number of ether oxygens (including phenoxy) is 2. The van der Waals surface area contributed by atoms with Crippen LogP contribution in [0.3, 0.4) is 0 Å². The fourth-order valence-corrected chi connectivity index (χ4v) is 6.02. The lowest BCUT2D eigenvalue weighted by atomic mass is 9.75. The highest BCUT2D eigenvalue weighted by Gasteiger charge is 2.56. The zero-order valence-corrected chi connectivity index (χ0v) is 20.0. The maximum Gasteiger partial charge on any atom is 0.417 e. The van der Waals surface area contributed by atoms with Crippen LogP contribution in [0.2, 0.25) is 0 Å². The lowest BCUT2D eigenvalue weighted by Gasteiger charge is -2.47. The second kappa shape index (κ2) is 8.89. The van der Waals surface area contributed by atoms with Gasteiger partial charge in [-0.15, -0.1) is 0 Å². The molecule has 5 rings (SSSR count). The van der Waals surface area contributed by atoms with Gasteiger partial charge in [-0.05, 0) is 31.4 Å². The van der Waals surface area contributed by atoms with Gasteiger partial charge in [0, 0.05) is 81.7 Å². The maximum absolute atomic E-state index is 13.8. The predicted molar refractivity (Wildman–Crippen MR) is 119 cm³/mol. The summed E-state index contributed by atoms with van der Waals surface area (Å²) in [4.78, 5) is 34.5. The van der Waals surface area contributed by atoms with Crippen LogP contribution >= 0.6 is 0 Å². The first-order valence-electron chi connectivity index (χ1n) is 12.2. The van der Waals surface area contributed by atoms with Crippen molar-refractivity contribution in [1.29, 1.82) is 0 Å². The van der Waals surface area contributed by atoms with Crippen molar-refractivity contribution < 1.29 is 32.2 Å². The van der Waals surface area contributed by atoms with Gasteiger partial charge in [0.1, 0.15) is 5.60 Å². The third kappa shape index (κ3) is 4.24. The Bertz CT molecular complexity index is 1070. The average molecular weight is 494 g/mol. The van der Waals surface area contributed by atoms with Gasteiger partial charge in [-0.2, -0.15) is 13.2 Å². The molecule has 0 bridgehead atoms. The van der Waals surface area contributed by atoms with E-state index in [0.29, 0.717) is 60.9 Å². The Morgan fingerprint density at radius 1 is 1.23 bits per heavy atom. The van der Waals surface area contributed by atoms with E-state index >= 15 is 0 Å². The standard InChI is InChI=1S/C25H30F3N3O4/c1-15-13-30(19-4-9-34-10-5-19)8-6-24(15)21(16(2)23(33)35-24)22(32)31-7-3-20-17(14-31)11-18(12-29-20)25(26,27)28/h11-12,15,19H,3-10,13-14H2,1-2H3. The molecule has 7 nitrogen and oxygen atoms in total. The quantitative estimate of drug-likeness (QED) is 0.590. The molecular formula is C25H30F3N3O4. The molecule has 2 atom stereocenters. The molecule has 1 spiro atoms. The first-order chi connectivity index (χ1) is 16.6. The van der Waals surface area contributed by atoms with Crippen molar-refractivity contribution in [1.82, 2.24) is 14.8 Å². The molecule has 0 saturated carbocycles. The molecule has 4 aliphatic heterocycles. The lowest BCUT2D eigenvalue weighted by molar-refractivity contribution is -0.158. The Morgan fingerprint density at radius 3 is 2.66 bits per heavy atom. The highest BCUT2D eigenvalue weighted by atomic mass is 19.4. The van der Waals surface area contributed by atoms with Crippen LogP contribution in [0.15, 0.2) is 23.4 Å². The van der Waals surface area contributed by atoms with Crippen molar-refractivity contribution in [2.75, 3.05) is 32.8 Å². The number of nitrogens with zero attached hydrogens (tertiary/aromatic N) is 3. The zero-order valence-electron chi connectivity index (χ0n) is 20.0. The SMILES string of the molecule is CC1=C(C(=O)N2CCc3ncc(C(F)(F)F)cc3C2)C2(CCN(C3CCOCC3)CC2C)OC1=O. The number of alkyl halides is 3. The summed E-state index contributed by atoms with van der Waals surface area (Å²) in [7, 11) is 0. The highest BCUT2D eigenvalue weighted by molar-refractivity contribution is 6.07. The van der Waals surface area contributed by atoms with E-state index in [9.17, 15) is 22.8 Å². The molecule has 0 N–H and O–H groups in total. The fourth-order valence-electron chi connectivity index (χ4n) is 6.02. The summed E-state index contributed by atoms with van der Waals surface area (Å²) < 4.78 is 51.0. The van der Waals surface area contributed by atoms with E-state index in [1.54, 1.807) is 6.92 Å². The molecule has 0 radical (unpaired) electrons. The normalized spacial score (nSPS) is 28.4.